The molecule has 0 aliphatic carbocycles. The summed E-state index contributed by atoms with van der Waals surface area (Å²) >= 11 is 3.33. The van der Waals surface area contributed by atoms with Gasteiger partial charge in [-0.05, 0) is 47.9 Å². The number of aromatic nitrogens is 2. The average Bonchev–Trinajstić information content (AvgIpc) is 3.02. The van der Waals surface area contributed by atoms with Crippen LogP contribution in [0.15, 0.2) is 108 Å². The smallest absolute Gasteiger partial charge is 0.430 e. The minimum Gasteiger partial charge on any atom is -0.494 e. The summed E-state index contributed by atoms with van der Waals surface area (Å²) in [6, 6.07) is 24.6. The Morgan fingerprint density at radius 2 is 1.37 bits per heavy atom. The van der Waals surface area contributed by atoms with Crippen molar-refractivity contribution in [2.45, 2.75) is 37.4 Å². The van der Waals surface area contributed by atoms with Crippen LogP contribution >= 0.6 is 15.9 Å². The SMILES string of the molecule is O=c1c2cc(OCCCBr)ccc2nc(Cc2ccccc2)n1-c1ccc(C(OCc2ccccc2)(C(F)(F)F)C(F)(F)F)cc1. The van der Waals surface area contributed by atoms with Crippen molar-refractivity contribution in [2.75, 3.05) is 11.9 Å². The lowest BCUT2D eigenvalue weighted by Crippen LogP contribution is -2.55. The second-order valence-corrected chi connectivity index (χ2v) is 11.2. The van der Waals surface area contributed by atoms with Crippen molar-refractivity contribution in [3.05, 3.63) is 136 Å². The number of halogens is 7. The predicted octanol–water partition coefficient (Wildman–Crippen LogP) is 8.68. The highest BCUT2D eigenvalue weighted by Gasteiger charge is 2.73. The zero-order valence-corrected chi connectivity index (χ0v) is 25.7. The normalized spacial score (nSPS) is 12.4. The van der Waals surface area contributed by atoms with Crippen molar-refractivity contribution in [3.63, 3.8) is 0 Å². The van der Waals surface area contributed by atoms with Gasteiger partial charge >= 0.3 is 12.4 Å². The molecule has 0 saturated carbocycles. The van der Waals surface area contributed by atoms with E-state index in [0.29, 0.717) is 30.0 Å². The van der Waals surface area contributed by atoms with E-state index in [1.165, 1.54) is 34.9 Å². The van der Waals surface area contributed by atoms with Crippen molar-refractivity contribution in [1.29, 1.82) is 0 Å². The number of hydrogen-bond acceptors (Lipinski definition) is 4. The fraction of sp³-hybridized carbons (Fsp3) is 0.235. The van der Waals surface area contributed by atoms with E-state index in [9.17, 15) is 31.1 Å². The second kappa shape index (κ2) is 13.7. The maximum atomic E-state index is 14.5. The summed E-state index contributed by atoms with van der Waals surface area (Å²) in [6.07, 6.45) is -10.9. The summed E-state index contributed by atoms with van der Waals surface area (Å²) in [4.78, 5) is 18.6. The third-order valence-corrected chi connectivity index (χ3v) is 7.85. The van der Waals surface area contributed by atoms with Crippen LogP contribution in [0.5, 0.6) is 5.75 Å². The van der Waals surface area contributed by atoms with Gasteiger partial charge in [-0.15, -0.1) is 0 Å². The van der Waals surface area contributed by atoms with Gasteiger partial charge in [-0.25, -0.2) is 4.98 Å². The number of rotatable bonds is 11. The van der Waals surface area contributed by atoms with Crippen molar-refractivity contribution in [3.8, 4) is 11.4 Å². The van der Waals surface area contributed by atoms with Crippen molar-refractivity contribution >= 4 is 26.8 Å². The number of benzene rings is 4. The van der Waals surface area contributed by atoms with E-state index in [1.54, 1.807) is 30.3 Å². The van der Waals surface area contributed by atoms with Crippen LogP contribution in [0.4, 0.5) is 26.3 Å². The Balaban J connectivity index is 1.63. The maximum absolute atomic E-state index is 14.5. The Labute approximate surface area is 268 Å². The second-order valence-electron chi connectivity index (χ2n) is 10.4. The molecule has 0 amide bonds. The minimum absolute atomic E-state index is 0.0287. The minimum atomic E-state index is -5.87. The van der Waals surface area contributed by atoms with Gasteiger partial charge in [-0.1, -0.05) is 88.7 Å². The quantitative estimate of drug-likeness (QED) is 0.0785. The summed E-state index contributed by atoms with van der Waals surface area (Å²) < 4.78 is 98.4. The monoisotopic (exact) mass is 704 g/mol. The molecule has 0 spiro atoms. The van der Waals surface area contributed by atoms with E-state index in [4.69, 9.17) is 9.47 Å². The van der Waals surface area contributed by atoms with Gasteiger partial charge in [0, 0.05) is 17.3 Å². The molecule has 0 N–H and O–H groups in total. The van der Waals surface area contributed by atoms with Gasteiger partial charge in [0.25, 0.3) is 11.2 Å². The van der Waals surface area contributed by atoms with Crippen LogP contribution in [-0.4, -0.2) is 33.8 Å². The van der Waals surface area contributed by atoms with Crippen LogP contribution in [0, 0.1) is 0 Å². The molecule has 0 radical (unpaired) electrons. The Morgan fingerprint density at radius 1 is 0.761 bits per heavy atom. The number of nitrogens with zero attached hydrogens (tertiary/aromatic N) is 2. The zero-order chi connectivity index (χ0) is 33.0. The third kappa shape index (κ3) is 6.82. The lowest BCUT2D eigenvalue weighted by atomic mass is 9.91. The number of ether oxygens (including phenoxy) is 2. The van der Waals surface area contributed by atoms with Crippen LogP contribution in [0.1, 0.15) is 28.9 Å². The van der Waals surface area contributed by atoms with E-state index in [-0.39, 0.29) is 28.9 Å². The molecule has 0 saturated heterocycles. The summed E-state index contributed by atoms with van der Waals surface area (Å²) in [5, 5.41) is 0.887. The first-order valence-corrected chi connectivity index (χ1v) is 15.3. The van der Waals surface area contributed by atoms with Gasteiger partial charge in [0.05, 0.1) is 29.8 Å². The molecule has 0 atom stereocenters. The molecule has 0 fully saturated rings. The van der Waals surface area contributed by atoms with E-state index >= 15 is 0 Å². The van der Waals surface area contributed by atoms with E-state index in [2.05, 4.69) is 20.9 Å². The first-order chi connectivity index (χ1) is 21.9. The molecule has 1 aromatic heterocycles. The average molecular weight is 705 g/mol. The fourth-order valence-electron chi connectivity index (χ4n) is 5.05. The summed E-state index contributed by atoms with van der Waals surface area (Å²) in [5.74, 6) is 0.656. The molecule has 1 heterocycles. The fourth-order valence-corrected chi connectivity index (χ4v) is 5.28. The van der Waals surface area contributed by atoms with Crippen molar-refractivity contribution in [1.82, 2.24) is 9.55 Å². The van der Waals surface area contributed by atoms with Crippen LogP contribution in [-0.2, 0) is 23.4 Å². The van der Waals surface area contributed by atoms with Gasteiger partial charge in [-0.2, -0.15) is 26.3 Å². The molecular weight excluding hydrogens is 678 g/mol. The Bertz CT molecular complexity index is 1810. The molecule has 240 valence electrons. The Hall–Kier alpha value is -4.16. The molecule has 46 heavy (non-hydrogen) atoms. The van der Waals surface area contributed by atoms with Gasteiger partial charge in [-0.3, -0.25) is 9.36 Å². The molecule has 0 unspecified atom stereocenters. The topological polar surface area (TPSA) is 53.3 Å². The third-order valence-electron chi connectivity index (χ3n) is 7.29. The highest BCUT2D eigenvalue weighted by atomic mass is 79.9. The molecule has 5 nitrogen and oxygen atoms in total. The van der Waals surface area contributed by atoms with Gasteiger partial charge in [0.2, 0.25) is 0 Å². The molecule has 12 heteroatoms. The predicted molar refractivity (Wildman–Crippen MR) is 166 cm³/mol. The Morgan fingerprint density at radius 3 is 1.96 bits per heavy atom. The lowest BCUT2D eigenvalue weighted by molar-refractivity contribution is -0.392. The van der Waals surface area contributed by atoms with Gasteiger partial charge < -0.3 is 9.47 Å². The van der Waals surface area contributed by atoms with Crippen LogP contribution in [0.25, 0.3) is 16.6 Å². The lowest BCUT2D eigenvalue weighted by Gasteiger charge is -2.37. The largest absolute Gasteiger partial charge is 0.494 e. The summed E-state index contributed by atoms with van der Waals surface area (Å²) in [7, 11) is 0. The highest BCUT2D eigenvalue weighted by molar-refractivity contribution is 9.09. The van der Waals surface area contributed by atoms with Crippen molar-refractivity contribution < 1.29 is 35.8 Å². The number of alkyl halides is 7. The molecule has 4 aromatic carbocycles. The Kier molecular flexibility index (Phi) is 9.88. The van der Waals surface area contributed by atoms with Crippen LogP contribution in [0.2, 0.25) is 0 Å². The number of fused-ring (bicyclic) bond motifs is 1. The van der Waals surface area contributed by atoms with Crippen molar-refractivity contribution in [2.24, 2.45) is 0 Å². The molecule has 0 aliphatic heterocycles. The van der Waals surface area contributed by atoms with E-state index in [0.717, 1.165) is 29.4 Å². The van der Waals surface area contributed by atoms with Crippen LogP contribution in [0.3, 0.4) is 0 Å². The standard InChI is InChI=1S/C34H27BrF6N2O3/c35-18-7-19-45-27-16-17-29-28(21-27)31(44)43(30(42-29)20-23-8-3-1-4-9-23)26-14-12-25(13-15-26)32(33(36,37)38,34(39,40)41)46-22-24-10-5-2-6-11-24/h1-6,8-17,21H,7,18-20,22H2. The summed E-state index contributed by atoms with van der Waals surface area (Å²) in [6.45, 7) is -0.560. The van der Waals surface area contributed by atoms with Crippen LogP contribution < -0.4 is 10.3 Å². The first kappa shape index (κ1) is 33.2. The zero-order valence-electron chi connectivity index (χ0n) is 24.1. The summed E-state index contributed by atoms with van der Waals surface area (Å²) in [5.41, 5.74) is -5.06. The highest BCUT2D eigenvalue weighted by Crippen LogP contribution is 2.53. The molecular formula is C34H27BrF6N2O3. The molecule has 0 bridgehead atoms. The van der Waals surface area contributed by atoms with Gasteiger partial charge in [0.15, 0.2) is 0 Å². The van der Waals surface area contributed by atoms with E-state index < -0.39 is 35.7 Å². The maximum Gasteiger partial charge on any atom is 0.430 e. The molecule has 5 aromatic rings. The van der Waals surface area contributed by atoms with E-state index in [1.807, 2.05) is 18.2 Å². The molecule has 5 rings (SSSR count). The van der Waals surface area contributed by atoms with Gasteiger partial charge in [0.1, 0.15) is 11.6 Å². The molecule has 0 aliphatic rings. The number of hydrogen-bond donors (Lipinski definition) is 0. The first-order valence-electron chi connectivity index (χ1n) is 14.2.